The van der Waals surface area contributed by atoms with E-state index < -0.39 is 5.97 Å². The Morgan fingerprint density at radius 2 is 1.60 bits per heavy atom. The Hall–Kier alpha value is -4.39. The summed E-state index contributed by atoms with van der Waals surface area (Å²) in [6, 6.07) is 22.2. The number of carbonyl (C=O) groups excluding carboxylic acids is 2. The van der Waals surface area contributed by atoms with Gasteiger partial charge in [0, 0.05) is 18.2 Å². The number of benzene rings is 3. The Kier molecular flexibility index (Phi) is 6.96. The summed E-state index contributed by atoms with van der Waals surface area (Å²) in [6.45, 7) is 5.39. The minimum absolute atomic E-state index is 0.220. The van der Waals surface area contributed by atoms with Crippen LogP contribution >= 0.6 is 0 Å². The number of nitrogens with one attached hydrogen (secondary N) is 1. The number of esters is 1. The number of aryl methyl sites for hydroxylation is 2. The van der Waals surface area contributed by atoms with Gasteiger partial charge in [-0.25, -0.2) is 0 Å². The van der Waals surface area contributed by atoms with Gasteiger partial charge in [-0.05, 0) is 67.4 Å². The van der Waals surface area contributed by atoms with Crippen LogP contribution in [0, 0.1) is 6.92 Å². The predicted molar refractivity (Wildman–Crippen MR) is 135 cm³/mol. The van der Waals surface area contributed by atoms with Gasteiger partial charge >= 0.3 is 5.97 Å². The zero-order valence-electron chi connectivity index (χ0n) is 20.2. The van der Waals surface area contributed by atoms with Gasteiger partial charge in [0.05, 0.1) is 24.1 Å². The van der Waals surface area contributed by atoms with Crippen LogP contribution in [-0.2, 0) is 11.2 Å². The number of amides is 1. The molecular formula is C28H27N3O4. The van der Waals surface area contributed by atoms with Gasteiger partial charge in [0.2, 0.25) is 5.88 Å². The summed E-state index contributed by atoms with van der Waals surface area (Å²) in [7, 11) is 1.58. The second-order valence-electron chi connectivity index (χ2n) is 8.08. The highest BCUT2D eigenvalue weighted by molar-refractivity contribution is 6.04. The van der Waals surface area contributed by atoms with E-state index in [2.05, 4.69) is 5.32 Å². The number of anilines is 1. The number of ether oxygens (including phenoxy) is 2. The van der Waals surface area contributed by atoms with Gasteiger partial charge in [-0.1, -0.05) is 36.8 Å². The van der Waals surface area contributed by atoms with Crippen LogP contribution in [0.4, 0.5) is 5.69 Å². The van der Waals surface area contributed by atoms with Crippen LogP contribution in [0.5, 0.6) is 11.6 Å². The van der Waals surface area contributed by atoms with Gasteiger partial charge in [-0.2, -0.15) is 9.78 Å². The summed E-state index contributed by atoms with van der Waals surface area (Å²) in [5.74, 6) is 0.411. The van der Waals surface area contributed by atoms with Crippen molar-refractivity contribution in [3.63, 3.8) is 0 Å². The number of nitrogens with zero attached hydrogens (tertiary/aromatic N) is 2. The molecule has 3 aromatic carbocycles. The first-order valence-corrected chi connectivity index (χ1v) is 11.3. The fourth-order valence-electron chi connectivity index (χ4n) is 3.74. The highest BCUT2D eigenvalue weighted by Crippen LogP contribution is 2.36. The van der Waals surface area contributed by atoms with Crippen LogP contribution in [0.3, 0.4) is 0 Å². The van der Waals surface area contributed by atoms with Crippen molar-refractivity contribution in [1.82, 2.24) is 9.78 Å². The summed E-state index contributed by atoms with van der Waals surface area (Å²) in [4.78, 5) is 24.6. The summed E-state index contributed by atoms with van der Waals surface area (Å²) in [5, 5.41) is 7.64. The number of methoxy groups -OCH3 is 1. The highest BCUT2D eigenvalue weighted by Gasteiger charge is 2.22. The standard InChI is InChI=1S/C28H27N3O4/c1-5-25-26(28(35-19(3)32)31(30-25)23-14-6-18(2)7-15-23)20-8-12-22(13-9-20)29-27(33)21-10-16-24(34-4)17-11-21/h6-17H,5H2,1-4H3,(H,29,33). The van der Waals surface area contributed by atoms with E-state index in [0.717, 1.165) is 28.1 Å². The fraction of sp³-hybridized carbons (Fsp3) is 0.179. The third kappa shape index (κ3) is 5.24. The molecule has 7 heteroatoms. The molecule has 0 spiro atoms. The van der Waals surface area contributed by atoms with E-state index in [1.807, 2.05) is 62.4 Å². The van der Waals surface area contributed by atoms with Crippen LogP contribution in [0.2, 0.25) is 0 Å². The minimum Gasteiger partial charge on any atom is -0.497 e. The second kappa shape index (κ2) is 10.3. The minimum atomic E-state index is -0.425. The van der Waals surface area contributed by atoms with Crippen molar-refractivity contribution in [3.8, 4) is 28.4 Å². The lowest BCUT2D eigenvalue weighted by Gasteiger charge is -2.11. The van der Waals surface area contributed by atoms with Gasteiger partial charge in [0.15, 0.2) is 0 Å². The van der Waals surface area contributed by atoms with Gasteiger partial charge in [0.25, 0.3) is 5.91 Å². The molecule has 0 saturated heterocycles. The number of rotatable bonds is 7. The summed E-state index contributed by atoms with van der Waals surface area (Å²) in [6.07, 6.45) is 0.651. The molecule has 0 bridgehead atoms. The summed E-state index contributed by atoms with van der Waals surface area (Å²) >= 11 is 0. The molecule has 0 aliphatic carbocycles. The predicted octanol–water partition coefficient (Wildman–Crippen LogP) is 5.60. The van der Waals surface area contributed by atoms with Crippen molar-refractivity contribution in [3.05, 3.63) is 89.6 Å². The summed E-state index contributed by atoms with van der Waals surface area (Å²) < 4.78 is 12.5. The number of hydrogen-bond donors (Lipinski definition) is 1. The van der Waals surface area contributed by atoms with Crippen molar-refractivity contribution >= 4 is 17.6 Å². The molecule has 4 rings (SSSR count). The molecule has 35 heavy (non-hydrogen) atoms. The maximum absolute atomic E-state index is 12.6. The number of hydrogen-bond acceptors (Lipinski definition) is 5. The summed E-state index contributed by atoms with van der Waals surface area (Å²) in [5.41, 5.74) is 5.48. The Morgan fingerprint density at radius 1 is 0.943 bits per heavy atom. The molecule has 1 amide bonds. The first kappa shape index (κ1) is 23.8. The second-order valence-corrected chi connectivity index (χ2v) is 8.08. The van der Waals surface area contributed by atoms with E-state index in [1.54, 1.807) is 36.1 Å². The highest BCUT2D eigenvalue weighted by atomic mass is 16.5. The first-order valence-electron chi connectivity index (χ1n) is 11.3. The lowest BCUT2D eigenvalue weighted by atomic mass is 10.0. The van der Waals surface area contributed by atoms with E-state index in [4.69, 9.17) is 14.6 Å². The monoisotopic (exact) mass is 469 g/mol. The lowest BCUT2D eigenvalue weighted by molar-refractivity contribution is -0.132. The largest absolute Gasteiger partial charge is 0.497 e. The van der Waals surface area contributed by atoms with Crippen LogP contribution in [0.1, 0.15) is 35.5 Å². The smallest absolute Gasteiger partial charge is 0.309 e. The van der Waals surface area contributed by atoms with Crippen LogP contribution in [0.25, 0.3) is 16.8 Å². The van der Waals surface area contributed by atoms with E-state index in [1.165, 1.54) is 6.92 Å². The zero-order valence-corrected chi connectivity index (χ0v) is 20.2. The molecule has 0 saturated carbocycles. The third-order valence-corrected chi connectivity index (χ3v) is 5.55. The molecule has 0 aliphatic heterocycles. The van der Waals surface area contributed by atoms with E-state index >= 15 is 0 Å². The van der Waals surface area contributed by atoms with Crippen LogP contribution in [0.15, 0.2) is 72.8 Å². The van der Waals surface area contributed by atoms with E-state index in [0.29, 0.717) is 29.3 Å². The van der Waals surface area contributed by atoms with Crippen molar-refractivity contribution in [2.24, 2.45) is 0 Å². The van der Waals surface area contributed by atoms with Crippen LogP contribution < -0.4 is 14.8 Å². The first-order chi connectivity index (χ1) is 16.9. The molecule has 0 aliphatic rings. The molecule has 1 N–H and O–H groups in total. The van der Waals surface area contributed by atoms with Crippen molar-refractivity contribution < 1.29 is 19.1 Å². The van der Waals surface area contributed by atoms with Crippen molar-refractivity contribution in [1.29, 1.82) is 0 Å². The topological polar surface area (TPSA) is 82.5 Å². The Bertz CT molecular complexity index is 1340. The molecule has 0 radical (unpaired) electrons. The zero-order chi connectivity index (χ0) is 24.9. The normalized spacial score (nSPS) is 10.6. The van der Waals surface area contributed by atoms with Crippen molar-refractivity contribution in [2.75, 3.05) is 12.4 Å². The van der Waals surface area contributed by atoms with Gasteiger partial charge in [-0.15, -0.1) is 0 Å². The van der Waals surface area contributed by atoms with E-state index in [-0.39, 0.29) is 5.91 Å². The fourth-order valence-corrected chi connectivity index (χ4v) is 3.74. The lowest BCUT2D eigenvalue weighted by Crippen LogP contribution is -2.11. The molecule has 0 unspecified atom stereocenters. The number of aromatic nitrogens is 2. The Balaban J connectivity index is 1.66. The Labute approximate surface area is 204 Å². The van der Waals surface area contributed by atoms with Gasteiger partial charge in [0.1, 0.15) is 5.75 Å². The van der Waals surface area contributed by atoms with Gasteiger partial charge < -0.3 is 14.8 Å². The van der Waals surface area contributed by atoms with E-state index in [9.17, 15) is 9.59 Å². The SMILES string of the molecule is CCc1nn(-c2ccc(C)cc2)c(OC(C)=O)c1-c1ccc(NC(=O)c2ccc(OC)cc2)cc1. The third-order valence-electron chi connectivity index (χ3n) is 5.55. The quantitative estimate of drug-likeness (QED) is 0.357. The molecule has 7 nitrogen and oxygen atoms in total. The molecule has 4 aromatic rings. The molecule has 178 valence electrons. The maximum Gasteiger partial charge on any atom is 0.309 e. The Morgan fingerprint density at radius 3 is 2.17 bits per heavy atom. The molecule has 0 fully saturated rings. The molecule has 1 aromatic heterocycles. The van der Waals surface area contributed by atoms with Crippen molar-refractivity contribution in [2.45, 2.75) is 27.2 Å². The average Bonchev–Trinajstić information content (AvgIpc) is 3.22. The van der Waals surface area contributed by atoms with Crippen LogP contribution in [-0.4, -0.2) is 28.8 Å². The molecular weight excluding hydrogens is 442 g/mol. The molecule has 0 atom stereocenters. The average molecular weight is 470 g/mol. The van der Waals surface area contributed by atoms with Gasteiger partial charge in [-0.3, -0.25) is 9.59 Å². The maximum atomic E-state index is 12.6. The molecule has 1 heterocycles. The number of carbonyl (C=O) groups is 2.